The number of benzene rings is 1. The second-order valence-electron chi connectivity index (χ2n) is 5.56. The monoisotopic (exact) mass is 462 g/mol. The first-order chi connectivity index (χ1) is 11.6. The summed E-state index contributed by atoms with van der Waals surface area (Å²) in [6, 6.07) is 8.03. The smallest absolute Gasteiger partial charge is 0.221 e. The van der Waals surface area contributed by atoms with Gasteiger partial charge in [-0.1, -0.05) is 25.1 Å². The van der Waals surface area contributed by atoms with E-state index in [0.29, 0.717) is 25.5 Å². The molecule has 3 N–H and O–H groups in total. The van der Waals surface area contributed by atoms with Crippen molar-refractivity contribution in [2.24, 2.45) is 4.99 Å². The van der Waals surface area contributed by atoms with Crippen molar-refractivity contribution in [2.75, 3.05) is 20.2 Å². The molecule has 1 atom stereocenters. The van der Waals surface area contributed by atoms with Crippen molar-refractivity contribution in [3.05, 3.63) is 29.8 Å². The molecule has 0 aliphatic heterocycles. The van der Waals surface area contributed by atoms with E-state index in [9.17, 15) is 4.79 Å². The van der Waals surface area contributed by atoms with E-state index in [-0.39, 0.29) is 35.9 Å². The fourth-order valence-electron chi connectivity index (χ4n) is 2.08. The number of para-hydroxylation sites is 1. The molecular weight excluding hydrogens is 431 g/mol. The number of rotatable bonds is 9. The second kappa shape index (κ2) is 13.7. The molecule has 1 rings (SSSR count). The van der Waals surface area contributed by atoms with Crippen LogP contribution in [0.25, 0.3) is 0 Å². The average molecular weight is 462 g/mol. The third-order valence-electron chi connectivity index (χ3n) is 3.61. The number of carbonyl (C=O) groups excluding carboxylic acids is 1. The molecule has 25 heavy (non-hydrogen) atoms. The standard InChI is InChI=1S/C18H30N4O2.HI/c1-5-14(3)22-17(23)11-12-20-18(19-6-2)21-13-15-9-7-8-10-16(15)24-4;/h7-10,14H,5-6,11-13H2,1-4H3,(H,22,23)(H2,19,20,21);1H. The van der Waals surface area contributed by atoms with Crippen molar-refractivity contribution < 1.29 is 9.53 Å². The normalized spacial score (nSPS) is 11.9. The number of hydrogen-bond acceptors (Lipinski definition) is 3. The Hall–Kier alpha value is -1.51. The number of nitrogens with one attached hydrogen (secondary N) is 3. The van der Waals surface area contributed by atoms with E-state index in [1.54, 1.807) is 7.11 Å². The summed E-state index contributed by atoms with van der Waals surface area (Å²) in [6.07, 6.45) is 1.35. The summed E-state index contributed by atoms with van der Waals surface area (Å²) in [5.74, 6) is 1.57. The van der Waals surface area contributed by atoms with Gasteiger partial charge in [0.15, 0.2) is 5.96 Å². The number of nitrogens with zero attached hydrogens (tertiary/aromatic N) is 1. The van der Waals surface area contributed by atoms with Crippen LogP contribution in [-0.4, -0.2) is 38.1 Å². The highest BCUT2D eigenvalue weighted by Crippen LogP contribution is 2.17. The topological polar surface area (TPSA) is 74.8 Å². The average Bonchev–Trinajstić information content (AvgIpc) is 2.59. The van der Waals surface area contributed by atoms with Gasteiger partial charge in [-0.25, -0.2) is 4.99 Å². The molecule has 1 amide bonds. The Kier molecular flexibility index (Phi) is 12.9. The lowest BCUT2D eigenvalue weighted by Crippen LogP contribution is -2.40. The minimum absolute atomic E-state index is 0. The summed E-state index contributed by atoms with van der Waals surface area (Å²) in [5, 5.41) is 9.32. The van der Waals surface area contributed by atoms with Gasteiger partial charge in [0.05, 0.1) is 13.7 Å². The fraction of sp³-hybridized carbons (Fsp3) is 0.556. The first-order valence-corrected chi connectivity index (χ1v) is 8.54. The number of aliphatic imine (C=N–C) groups is 1. The van der Waals surface area contributed by atoms with Gasteiger partial charge >= 0.3 is 0 Å². The molecule has 0 heterocycles. The number of methoxy groups -OCH3 is 1. The second-order valence-corrected chi connectivity index (χ2v) is 5.56. The molecule has 0 radical (unpaired) electrons. The van der Waals surface area contributed by atoms with Crippen LogP contribution in [0.1, 0.15) is 39.2 Å². The van der Waals surface area contributed by atoms with E-state index in [1.807, 2.05) is 38.1 Å². The zero-order valence-electron chi connectivity index (χ0n) is 15.6. The SMILES string of the molecule is CCNC(=NCc1ccccc1OC)NCCC(=O)NC(C)CC.I. The number of halogens is 1. The summed E-state index contributed by atoms with van der Waals surface area (Å²) < 4.78 is 5.33. The minimum atomic E-state index is 0. The lowest BCUT2D eigenvalue weighted by molar-refractivity contribution is -0.121. The molecule has 0 bridgehead atoms. The van der Waals surface area contributed by atoms with E-state index >= 15 is 0 Å². The molecule has 6 nitrogen and oxygen atoms in total. The van der Waals surface area contributed by atoms with Crippen molar-refractivity contribution in [2.45, 2.75) is 46.2 Å². The maximum absolute atomic E-state index is 11.8. The summed E-state index contributed by atoms with van der Waals surface area (Å²) >= 11 is 0. The Balaban J connectivity index is 0.00000576. The molecule has 0 spiro atoms. The molecule has 0 aromatic heterocycles. The van der Waals surface area contributed by atoms with Crippen molar-refractivity contribution in [3.8, 4) is 5.75 Å². The van der Waals surface area contributed by atoms with Gasteiger partial charge in [0.25, 0.3) is 0 Å². The highest BCUT2D eigenvalue weighted by Gasteiger charge is 2.06. The van der Waals surface area contributed by atoms with Gasteiger partial charge < -0.3 is 20.7 Å². The van der Waals surface area contributed by atoms with E-state index in [2.05, 4.69) is 27.9 Å². The highest BCUT2D eigenvalue weighted by atomic mass is 127. The molecular formula is C18H31IN4O2. The first kappa shape index (κ1) is 23.5. The van der Waals surface area contributed by atoms with Crippen LogP contribution in [0.2, 0.25) is 0 Å². The summed E-state index contributed by atoms with van der Waals surface area (Å²) in [4.78, 5) is 16.3. The Morgan fingerprint density at radius 2 is 1.96 bits per heavy atom. The van der Waals surface area contributed by atoms with Gasteiger partial charge in [-0.15, -0.1) is 24.0 Å². The van der Waals surface area contributed by atoms with Crippen LogP contribution in [0.3, 0.4) is 0 Å². The van der Waals surface area contributed by atoms with E-state index in [1.165, 1.54) is 0 Å². The summed E-state index contributed by atoms with van der Waals surface area (Å²) in [5.41, 5.74) is 1.02. The van der Waals surface area contributed by atoms with Crippen LogP contribution < -0.4 is 20.7 Å². The molecule has 0 saturated carbocycles. The van der Waals surface area contributed by atoms with Crippen LogP contribution >= 0.6 is 24.0 Å². The quantitative estimate of drug-likeness (QED) is 0.300. The lowest BCUT2D eigenvalue weighted by Gasteiger charge is -2.14. The largest absolute Gasteiger partial charge is 0.496 e. The highest BCUT2D eigenvalue weighted by molar-refractivity contribution is 14.0. The molecule has 7 heteroatoms. The van der Waals surface area contributed by atoms with Gasteiger partial charge in [0.2, 0.25) is 5.91 Å². The number of carbonyl (C=O) groups is 1. The third kappa shape index (κ3) is 9.52. The van der Waals surface area contributed by atoms with E-state index in [4.69, 9.17) is 4.74 Å². The van der Waals surface area contributed by atoms with E-state index < -0.39 is 0 Å². The predicted molar refractivity (Wildman–Crippen MR) is 114 cm³/mol. The Morgan fingerprint density at radius 3 is 2.60 bits per heavy atom. The molecule has 1 aromatic carbocycles. The zero-order valence-corrected chi connectivity index (χ0v) is 17.9. The van der Waals surface area contributed by atoms with Gasteiger partial charge in [-0.2, -0.15) is 0 Å². The van der Waals surface area contributed by atoms with Crippen molar-refractivity contribution in [3.63, 3.8) is 0 Å². The number of guanidine groups is 1. The fourth-order valence-corrected chi connectivity index (χ4v) is 2.08. The molecule has 142 valence electrons. The number of hydrogen-bond donors (Lipinski definition) is 3. The van der Waals surface area contributed by atoms with Crippen LogP contribution in [0.5, 0.6) is 5.75 Å². The van der Waals surface area contributed by atoms with Gasteiger partial charge in [0.1, 0.15) is 5.75 Å². The zero-order chi connectivity index (χ0) is 17.8. The Labute approximate surface area is 168 Å². The van der Waals surface area contributed by atoms with Gasteiger partial charge in [-0.3, -0.25) is 4.79 Å². The maximum Gasteiger partial charge on any atom is 0.221 e. The molecule has 1 aromatic rings. The lowest BCUT2D eigenvalue weighted by atomic mass is 10.2. The molecule has 0 aliphatic carbocycles. The summed E-state index contributed by atoms with van der Waals surface area (Å²) in [7, 11) is 1.65. The van der Waals surface area contributed by atoms with Crippen LogP contribution in [0.15, 0.2) is 29.3 Å². The van der Waals surface area contributed by atoms with Gasteiger partial charge in [0, 0.05) is 31.1 Å². The van der Waals surface area contributed by atoms with Crippen molar-refractivity contribution in [1.82, 2.24) is 16.0 Å². The Morgan fingerprint density at radius 1 is 1.24 bits per heavy atom. The maximum atomic E-state index is 11.8. The van der Waals surface area contributed by atoms with Crippen molar-refractivity contribution >= 4 is 35.8 Å². The predicted octanol–water partition coefficient (Wildman–Crippen LogP) is 2.67. The number of ether oxygens (including phenoxy) is 1. The van der Waals surface area contributed by atoms with Crippen LogP contribution in [0, 0.1) is 0 Å². The first-order valence-electron chi connectivity index (χ1n) is 8.54. The molecule has 0 aliphatic rings. The van der Waals surface area contributed by atoms with E-state index in [0.717, 1.165) is 24.3 Å². The molecule has 0 saturated heterocycles. The Bertz CT molecular complexity index is 538. The van der Waals surface area contributed by atoms with Crippen molar-refractivity contribution in [1.29, 1.82) is 0 Å². The van der Waals surface area contributed by atoms with Crippen LogP contribution in [-0.2, 0) is 11.3 Å². The summed E-state index contributed by atoms with van der Waals surface area (Å²) in [6.45, 7) is 7.88. The molecule has 0 fully saturated rings. The third-order valence-corrected chi connectivity index (χ3v) is 3.61. The van der Waals surface area contributed by atoms with Crippen LogP contribution in [0.4, 0.5) is 0 Å². The molecule has 1 unspecified atom stereocenters. The number of amides is 1. The van der Waals surface area contributed by atoms with Gasteiger partial charge in [-0.05, 0) is 26.3 Å². The minimum Gasteiger partial charge on any atom is -0.496 e.